The Morgan fingerprint density at radius 1 is 0.944 bits per heavy atom. The molecule has 0 heterocycles. The third-order valence-corrected chi connectivity index (χ3v) is 2.66. The molecule has 0 rings (SSSR count). The minimum Gasteiger partial charge on any atom is -0.466 e. The molecular weight excluding hydrogens is 224 g/mol. The minimum absolute atomic E-state index is 0.169. The number of esters is 1. The third-order valence-electron chi connectivity index (χ3n) is 2.66. The Labute approximate surface area is 112 Å². The average molecular weight is 252 g/mol. The number of unbranched alkanes of at least 4 members (excludes halogenated alkanes) is 5. The Morgan fingerprint density at radius 3 is 2.33 bits per heavy atom. The van der Waals surface area contributed by atoms with Crippen molar-refractivity contribution in [2.24, 2.45) is 0 Å². The molecule has 0 saturated heterocycles. The lowest BCUT2D eigenvalue weighted by atomic mass is 10.1. The normalized spacial score (nSPS) is 11.4. The molecular formula is C16H28O2. The molecule has 0 aliphatic carbocycles. The van der Waals surface area contributed by atoms with Crippen LogP contribution in [-0.2, 0) is 9.53 Å². The van der Waals surface area contributed by atoms with Crippen LogP contribution in [0.15, 0.2) is 24.3 Å². The first-order valence-corrected chi connectivity index (χ1v) is 7.20. The molecule has 2 heteroatoms. The molecule has 0 aliphatic heterocycles. The lowest BCUT2D eigenvalue weighted by Gasteiger charge is -2.01. The van der Waals surface area contributed by atoms with Gasteiger partial charge in [0.05, 0.1) is 6.61 Å². The molecule has 0 bridgehead atoms. The number of rotatable bonds is 11. The van der Waals surface area contributed by atoms with Crippen molar-refractivity contribution in [3.05, 3.63) is 24.3 Å². The standard InChI is InChI=1S/C16H28O2/c1-3-4-5-6-7-8-9-10-11-12-13-14-15-18-16(2)17/h4-5,7-8H,3,6,9-15H2,1-2H3. The van der Waals surface area contributed by atoms with Gasteiger partial charge < -0.3 is 4.74 Å². The number of hydrogen-bond donors (Lipinski definition) is 0. The molecule has 0 aromatic carbocycles. The van der Waals surface area contributed by atoms with Crippen LogP contribution in [0.2, 0.25) is 0 Å². The zero-order chi connectivity index (χ0) is 13.5. The highest BCUT2D eigenvalue weighted by atomic mass is 16.5. The fraction of sp³-hybridized carbons (Fsp3) is 0.688. The van der Waals surface area contributed by atoms with Gasteiger partial charge in [0.25, 0.3) is 0 Å². The predicted molar refractivity (Wildman–Crippen MR) is 77.5 cm³/mol. The molecule has 0 radical (unpaired) electrons. The first kappa shape index (κ1) is 16.9. The molecule has 0 amide bonds. The van der Waals surface area contributed by atoms with Crippen LogP contribution >= 0.6 is 0 Å². The van der Waals surface area contributed by atoms with Crippen molar-refractivity contribution in [2.45, 2.75) is 65.2 Å². The highest BCUT2D eigenvalue weighted by Gasteiger charge is 1.93. The summed E-state index contributed by atoms with van der Waals surface area (Å²) in [5.41, 5.74) is 0. The maximum absolute atomic E-state index is 10.5. The Morgan fingerprint density at radius 2 is 1.61 bits per heavy atom. The van der Waals surface area contributed by atoms with E-state index in [9.17, 15) is 4.79 Å². The van der Waals surface area contributed by atoms with Crippen LogP contribution in [0, 0.1) is 0 Å². The molecule has 18 heavy (non-hydrogen) atoms. The van der Waals surface area contributed by atoms with Gasteiger partial charge in [-0.3, -0.25) is 4.79 Å². The monoisotopic (exact) mass is 252 g/mol. The molecule has 0 saturated carbocycles. The number of carbonyl (C=O) groups excluding carboxylic acids is 1. The lowest BCUT2D eigenvalue weighted by Crippen LogP contribution is -1.99. The quantitative estimate of drug-likeness (QED) is 0.300. The molecule has 0 fully saturated rings. The summed E-state index contributed by atoms with van der Waals surface area (Å²) in [4.78, 5) is 10.5. The van der Waals surface area contributed by atoms with E-state index in [-0.39, 0.29) is 5.97 Å². The van der Waals surface area contributed by atoms with Crippen molar-refractivity contribution in [1.82, 2.24) is 0 Å². The summed E-state index contributed by atoms with van der Waals surface area (Å²) in [6, 6.07) is 0. The third kappa shape index (κ3) is 14.9. The molecule has 0 aliphatic rings. The molecule has 0 unspecified atom stereocenters. The summed E-state index contributed by atoms with van der Waals surface area (Å²) < 4.78 is 4.88. The Balaban J connectivity index is 3.11. The van der Waals surface area contributed by atoms with Crippen molar-refractivity contribution in [3.63, 3.8) is 0 Å². The summed E-state index contributed by atoms with van der Waals surface area (Å²) in [6.07, 6.45) is 18.3. The van der Waals surface area contributed by atoms with E-state index in [1.54, 1.807) is 0 Å². The van der Waals surface area contributed by atoms with Gasteiger partial charge in [0.2, 0.25) is 0 Å². The maximum Gasteiger partial charge on any atom is 0.302 e. The highest BCUT2D eigenvalue weighted by Crippen LogP contribution is 2.06. The van der Waals surface area contributed by atoms with Crippen LogP contribution in [0.3, 0.4) is 0 Å². The van der Waals surface area contributed by atoms with E-state index in [0.717, 1.165) is 25.7 Å². The minimum atomic E-state index is -0.169. The van der Waals surface area contributed by atoms with Gasteiger partial charge >= 0.3 is 5.97 Å². The zero-order valence-electron chi connectivity index (χ0n) is 12.0. The maximum atomic E-state index is 10.5. The second-order valence-electron chi connectivity index (χ2n) is 4.48. The van der Waals surface area contributed by atoms with Crippen LogP contribution in [-0.4, -0.2) is 12.6 Å². The number of allylic oxidation sites excluding steroid dienone is 4. The summed E-state index contributed by atoms with van der Waals surface area (Å²) in [6.45, 7) is 4.20. The van der Waals surface area contributed by atoms with E-state index in [0.29, 0.717) is 6.61 Å². The van der Waals surface area contributed by atoms with Crippen molar-refractivity contribution in [1.29, 1.82) is 0 Å². The molecule has 0 atom stereocenters. The van der Waals surface area contributed by atoms with E-state index >= 15 is 0 Å². The van der Waals surface area contributed by atoms with Gasteiger partial charge in [-0.1, -0.05) is 50.5 Å². The van der Waals surface area contributed by atoms with Gasteiger partial charge in [-0.05, 0) is 32.1 Å². The van der Waals surface area contributed by atoms with Gasteiger partial charge in [-0.15, -0.1) is 0 Å². The summed E-state index contributed by atoms with van der Waals surface area (Å²) in [7, 11) is 0. The van der Waals surface area contributed by atoms with Crippen molar-refractivity contribution in [3.8, 4) is 0 Å². The van der Waals surface area contributed by atoms with Crippen molar-refractivity contribution >= 4 is 5.97 Å². The van der Waals surface area contributed by atoms with Crippen LogP contribution < -0.4 is 0 Å². The zero-order valence-corrected chi connectivity index (χ0v) is 12.0. The topological polar surface area (TPSA) is 26.3 Å². The fourth-order valence-corrected chi connectivity index (χ4v) is 1.67. The lowest BCUT2D eigenvalue weighted by molar-refractivity contribution is -0.141. The number of hydrogen-bond acceptors (Lipinski definition) is 2. The molecule has 2 nitrogen and oxygen atoms in total. The first-order chi connectivity index (χ1) is 8.77. The van der Waals surface area contributed by atoms with E-state index in [1.165, 1.54) is 32.6 Å². The smallest absolute Gasteiger partial charge is 0.302 e. The van der Waals surface area contributed by atoms with Gasteiger partial charge in [0.1, 0.15) is 0 Å². The van der Waals surface area contributed by atoms with Crippen molar-refractivity contribution in [2.75, 3.05) is 6.61 Å². The van der Waals surface area contributed by atoms with E-state index in [2.05, 4.69) is 31.2 Å². The van der Waals surface area contributed by atoms with Gasteiger partial charge in [0, 0.05) is 6.92 Å². The second kappa shape index (κ2) is 14.0. The molecule has 0 N–H and O–H groups in total. The van der Waals surface area contributed by atoms with Gasteiger partial charge in [0.15, 0.2) is 0 Å². The fourth-order valence-electron chi connectivity index (χ4n) is 1.67. The van der Waals surface area contributed by atoms with E-state index in [4.69, 9.17) is 4.74 Å². The summed E-state index contributed by atoms with van der Waals surface area (Å²) >= 11 is 0. The molecule has 0 aromatic heterocycles. The van der Waals surface area contributed by atoms with Crippen LogP contribution in [0.5, 0.6) is 0 Å². The van der Waals surface area contributed by atoms with Gasteiger partial charge in [-0.25, -0.2) is 0 Å². The Bertz CT molecular complexity index is 241. The number of carbonyl (C=O) groups is 1. The first-order valence-electron chi connectivity index (χ1n) is 7.20. The van der Waals surface area contributed by atoms with Crippen LogP contribution in [0.25, 0.3) is 0 Å². The largest absolute Gasteiger partial charge is 0.466 e. The molecule has 0 spiro atoms. The number of ether oxygens (including phenoxy) is 1. The summed E-state index contributed by atoms with van der Waals surface area (Å²) in [5, 5.41) is 0. The van der Waals surface area contributed by atoms with Crippen molar-refractivity contribution < 1.29 is 9.53 Å². The SMILES string of the molecule is CCC=CCC=CCCCCCCCOC(C)=O. The second-order valence-corrected chi connectivity index (χ2v) is 4.48. The predicted octanol–water partition coefficient (Wildman–Crippen LogP) is 4.80. The Hall–Kier alpha value is -1.05. The highest BCUT2D eigenvalue weighted by molar-refractivity contribution is 5.65. The molecule has 0 aromatic rings. The Kier molecular flexibility index (Phi) is 13.2. The van der Waals surface area contributed by atoms with Gasteiger partial charge in [-0.2, -0.15) is 0 Å². The van der Waals surface area contributed by atoms with E-state index in [1.807, 2.05) is 0 Å². The summed E-state index contributed by atoms with van der Waals surface area (Å²) in [5.74, 6) is -0.169. The average Bonchev–Trinajstić information content (AvgIpc) is 2.34. The van der Waals surface area contributed by atoms with E-state index < -0.39 is 0 Å². The van der Waals surface area contributed by atoms with Crippen LogP contribution in [0.4, 0.5) is 0 Å². The van der Waals surface area contributed by atoms with Crippen LogP contribution in [0.1, 0.15) is 65.2 Å². The molecule has 104 valence electrons.